The highest BCUT2D eigenvalue weighted by Gasteiger charge is 2.10. The number of hydrogen-bond acceptors (Lipinski definition) is 5. The first-order valence-corrected chi connectivity index (χ1v) is 3.55. The molecule has 0 aromatic carbocycles. The number of amides is 1. The van der Waals surface area contributed by atoms with Crippen LogP contribution in [0.25, 0.3) is 10.4 Å². The molecule has 1 heterocycles. The molecule has 1 amide bonds. The fraction of sp³-hybridized carbons (Fsp3) is 0.250. The molecule has 0 bridgehead atoms. The zero-order valence-electron chi connectivity index (χ0n) is 6.14. The molecule has 9 heteroatoms. The Morgan fingerprint density at radius 3 is 3.15 bits per heavy atom. The van der Waals surface area contributed by atoms with E-state index in [0.717, 1.165) is 0 Å². The van der Waals surface area contributed by atoms with Crippen LogP contribution in [0.3, 0.4) is 0 Å². The van der Waals surface area contributed by atoms with Gasteiger partial charge in [0.15, 0.2) is 0 Å². The molecular weight excluding hydrogens is 200 g/mol. The maximum atomic E-state index is 10.7. The molecule has 1 aromatic rings. The lowest BCUT2D eigenvalue weighted by atomic mass is 10.6. The third-order valence-corrected chi connectivity index (χ3v) is 1.23. The first-order chi connectivity index (χ1) is 6.27. The third kappa shape index (κ3) is 2.32. The lowest BCUT2D eigenvalue weighted by Gasteiger charge is -1.94. The number of nitrogens with zero attached hydrogens (tertiary/aromatic N) is 5. The number of aromatic nitrogens is 2. The van der Waals surface area contributed by atoms with E-state index in [0.29, 0.717) is 0 Å². The van der Waals surface area contributed by atoms with Gasteiger partial charge >= 0.3 is 0 Å². The maximum absolute atomic E-state index is 10.7. The Bertz CT molecular complexity index is 355. The van der Waals surface area contributed by atoms with Crippen molar-refractivity contribution in [3.8, 4) is 0 Å². The summed E-state index contributed by atoms with van der Waals surface area (Å²) in [5.74, 6) is -0.918. The van der Waals surface area contributed by atoms with Crippen LogP contribution in [0.4, 0.5) is 11.6 Å². The molecule has 1 rings (SSSR count). The van der Waals surface area contributed by atoms with Gasteiger partial charge in [-0.1, -0.05) is 0 Å². The number of nitrogens with one attached hydrogen (secondary N) is 1. The van der Waals surface area contributed by atoms with Crippen LogP contribution in [-0.2, 0) is 4.79 Å². The molecule has 0 saturated heterocycles. The van der Waals surface area contributed by atoms with Crippen LogP contribution in [-0.4, -0.2) is 22.1 Å². The normalized spacial score (nSPS) is 9.00. The van der Waals surface area contributed by atoms with Gasteiger partial charge in [0.05, 0.1) is 0 Å². The fourth-order valence-corrected chi connectivity index (χ4v) is 0.603. The molecule has 8 nitrogen and oxygen atoms in total. The van der Waals surface area contributed by atoms with Crippen molar-refractivity contribution in [2.75, 3.05) is 11.2 Å². The van der Waals surface area contributed by atoms with Gasteiger partial charge in [-0.2, -0.15) is 0 Å². The second-order valence-corrected chi connectivity index (χ2v) is 2.07. The van der Waals surface area contributed by atoms with Crippen molar-refractivity contribution in [3.63, 3.8) is 0 Å². The van der Waals surface area contributed by atoms with Crippen molar-refractivity contribution >= 4 is 29.1 Å². The highest BCUT2D eigenvalue weighted by molar-refractivity contribution is 6.29. The van der Waals surface area contributed by atoms with E-state index in [4.69, 9.17) is 17.1 Å². The standard InChI is InChI=1S/C4H3ClN6O2/c5-1-2(12)7-3-4(8-11-6)10-13-9-3/h1H2,(H,7,9,12). The molecule has 0 aliphatic heterocycles. The molecule has 13 heavy (non-hydrogen) atoms. The number of halogens is 1. The third-order valence-electron chi connectivity index (χ3n) is 0.990. The summed E-state index contributed by atoms with van der Waals surface area (Å²) < 4.78 is 4.22. The fourth-order valence-electron chi connectivity index (χ4n) is 0.536. The summed E-state index contributed by atoms with van der Waals surface area (Å²) in [7, 11) is 0. The van der Waals surface area contributed by atoms with Crippen molar-refractivity contribution < 1.29 is 9.42 Å². The number of hydrogen-bond donors (Lipinski definition) is 1. The molecule has 0 aliphatic rings. The van der Waals surface area contributed by atoms with E-state index in [2.05, 4.69) is 30.3 Å². The molecule has 0 radical (unpaired) electrons. The summed E-state index contributed by atoms with van der Waals surface area (Å²) in [5.41, 5.74) is 8.06. The van der Waals surface area contributed by atoms with Gasteiger partial charge in [-0.3, -0.25) is 4.79 Å². The molecule has 0 spiro atoms. The van der Waals surface area contributed by atoms with E-state index in [1.165, 1.54) is 0 Å². The Morgan fingerprint density at radius 2 is 2.54 bits per heavy atom. The Morgan fingerprint density at radius 1 is 1.77 bits per heavy atom. The molecule has 0 aliphatic carbocycles. The summed E-state index contributed by atoms with van der Waals surface area (Å²) in [6.45, 7) is 0. The first-order valence-electron chi connectivity index (χ1n) is 3.01. The largest absolute Gasteiger partial charge is 0.305 e. The number of carbonyl (C=O) groups excluding carboxylic acids is 1. The van der Waals surface area contributed by atoms with E-state index in [9.17, 15) is 4.79 Å². The summed E-state index contributed by atoms with van der Waals surface area (Å²) in [6.07, 6.45) is 0. The Balaban J connectivity index is 2.82. The predicted octanol–water partition coefficient (Wildman–Crippen LogP) is 1.19. The van der Waals surface area contributed by atoms with E-state index in [1.807, 2.05) is 0 Å². The number of azide groups is 1. The van der Waals surface area contributed by atoms with Gasteiger partial charge in [0.1, 0.15) is 5.88 Å². The Hall–Kier alpha value is -1.79. The number of rotatable bonds is 3. The van der Waals surface area contributed by atoms with Crippen LogP contribution < -0.4 is 5.32 Å². The first kappa shape index (κ1) is 9.30. The molecule has 1 aromatic heterocycles. The van der Waals surface area contributed by atoms with E-state index < -0.39 is 5.91 Å². The van der Waals surface area contributed by atoms with Gasteiger partial charge in [-0.25, -0.2) is 4.63 Å². The average Bonchev–Trinajstić information content (AvgIpc) is 2.54. The smallest absolute Gasteiger partial charge is 0.240 e. The quantitative estimate of drug-likeness (QED) is 0.343. The minimum atomic E-state index is -0.494. The van der Waals surface area contributed by atoms with Gasteiger partial charge in [0, 0.05) is 4.91 Å². The maximum Gasteiger partial charge on any atom is 0.240 e. The van der Waals surface area contributed by atoms with Crippen molar-refractivity contribution in [1.82, 2.24) is 10.3 Å². The van der Waals surface area contributed by atoms with Crippen LogP contribution in [0.15, 0.2) is 9.74 Å². The van der Waals surface area contributed by atoms with E-state index in [1.54, 1.807) is 0 Å². The minimum Gasteiger partial charge on any atom is -0.305 e. The SMILES string of the molecule is [N-]=[N+]=Nc1nonc1NC(=O)CCl. The van der Waals surface area contributed by atoms with Gasteiger partial charge in [0.2, 0.25) is 17.5 Å². The number of alkyl halides is 1. The van der Waals surface area contributed by atoms with Crippen LogP contribution in [0, 0.1) is 0 Å². The van der Waals surface area contributed by atoms with Crippen LogP contribution >= 0.6 is 11.6 Å². The van der Waals surface area contributed by atoms with Crippen LogP contribution in [0.5, 0.6) is 0 Å². The van der Waals surface area contributed by atoms with E-state index >= 15 is 0 Å². The lowest BCUT2D eigenvalue weighted by Crippen LogP contribution is -2.12. The molecule has 1 N–H and O–H groups in total. The molecule has 0 unspecified atom stereocenters. The molecule has 68 valence electrons. The summed E-state index contributed by atoms with van der Waals surface area (Å²) in [6, 6.07) is 0. The van der Waals surface area contributed by atoms with E-state index in [-0.39, 0.29) is 17.5 Å². The Kier molecular flexibility index (Phi) is 3.07. The highest BCUT2D eigenvalue weighted by atomic mass is 35.5. The zero-order chi connectivity index (χ0) is 9.68. The van der Waals surface area contributed by atoms with Gasteiger partial charge in [-0.05, 0) is 21.0 Å². The predicted molar refractivity (Wildman–Crippen MR) is 42.5 cm³/mol. The number of carbonyl (C=O) groups is 1. The molecule has 0 fully saturated rings. The van der Waals surface area contributed by atoms with Crippen molar-refractivity contribution in [2.45, 2.75) is 0 Å². The molecule has 0 saturated carbocycles. The highest BCUT2D eigenvalue weighted by Crippen LogP contribution is 2.18. The number of anilines is 1. The van der Waals surface area contributed by atoms with Crippen LogP contribution in [0.1, 0.15) is 0 Å². The summed E-state index contributed by atoms with van der Waals surface area (Å²) in [5, 5.41) is 11.8. The average molecular weight is 203 g/mol. The molecular formula is C4H3ClN6O2. The monoisotopic (exact) mass is 202 g/mol. The minimum absolute atomic E-state index is 0.0524. The Labute approximate surface area is 76.4 Å². The van der Waals surface area contributed by atoms with Crippen molar-refractivity contribution in [2.24, 2.45) is 5.11 Å². The topological polar surface area (TPSA) is 117 Å². The molecule has 0 atom stereocenters. The van der Waals surface area contributed by atoms with Crippen molar-refractivity contribution in [3.05, 3.63) is 10.4 Å². The summed E-state index contributed by atoms with van der Waals surface area (Å²) >= 11 is 5.20. The lowest BCUT2D eigenvalue weighted by molar-refractivity contribution is -0.114. The van der Waals surface area contributed by atoms with Crippen molar-refractivity contribution in [1.29, 1.82) is 0 Å². The second kappa shape index (κ2) is 4.29. The van der Waals surface area contributed by atoms with Gasteiger partial charge in [-0.15, -0.1) is 11.6 Å². The second-order valence-electron chi connectivity index (χ2n) is 1.81. The van der Waals surface area contributed by atoms with Gasteiger partial charge < -0.3 is 5.32 Å². The summed E-state index contributed by atoms with van der Waals surface area (Å²) in [4.78, 5) is 13.2. The van der Waals surface area contributed by atoms with Gasteiger partial charge in [0.25, 0.3) is 0 Å². The van der Waals surface area contributed by atoms with Crippen LogP contribution in [0.2, 0.25) is 0 Å². The zero-order valence-corrected chi connectivity index (χ0v) is 6.89.